The Balaban J connectivity index is 3.25. The number of sulfonamides is 1. The lowest BCUT2D eigenvalue weighted by molar-refractivity contribution is 0.257. The molecule has 0 saturated carbocycles. The lowest BCUT2D eigenvalue weighted by atomic mass is 10.0. The third kappa shape index (κ3) is 3.43. The van der Waals surface area contributed by atoms with Crippen molar-refractivity contribution in [2.24, 2.45) is 0 Å². The van der Waals surface area contributed by atoms with Crippen LogP contribution in [0.25, 0.3) is 0 Å². The van der Waals surface area contributed by atoms with Crippen LogP contribution in [0.1, 0.15) is 32.8 Å². The van der Waals surface area contributed by atoms with E-state index in [-0.39, 0.29) is 10.8 Å². The molecule has 1 rings (SSSR count). The molecule has 0 radical (unpaired) electrons. The van der Waals surface area contributed by atoms with Crippen molar-refractivity contribution in [2.45, 2.75) is 43.5 Å². The fraction of sp³-hybridized carbons (Fsp3) is 0.538. The molecule has 19 heavy (non-hydrogen) atoms. The van der Waals surface area contributed by atoms with E-state index in [4.69, 9.17) is 23.2 Å². The van der Waals surface area contributed by atoms with Crippen LogP contribution in [-0.2, 0) is 15.9 Å². The maximum atomic E-state index is 12.5. The van der Waals surface area contributed by atoms with E-state index in [9.17, 15) is 8.42 Å². The number of benzene rings is 1. The second kappa shape index (κ2) is 6.00. The first-order valence-electron chi connectivity index (χ1n) is 6.00. The Morgan fingerprint density at radius 1 is 1.32 bits per heavy atom. The summed E-state index contributed by atoms with van der Waals surface area (Å²) in [7, 11) is -1.96. The Hall–Kier alpha value is -0.290. The summed E-state index contributed by atoms with van der Waals surface area (Å²) in [6.07, 6.45) is 0.718. The summed E-state index contributed by atoms with van der Waals surface area (Å²) in [4.78, 5) is 0.190. The predicted octanol–water partition coefficient (Wildman–Crippen LogP) is 3.89. The van der Waals surface area contributed by atoms with Gasteiger partial charge in [-0.25, -0.2) is 8.42 Å². The van der Waals surface area contributed by atoms with Crippen molar-refractivity contribution in [3.8, 4) is 0 Å². The van der Waals surface area contributed by atoms with Gasteiger partial charge >= 0.3 is 0 Å². The Morgan fingerprint density at radius 3 is 2.32 bits per heavy atom. The summed E-state index contributed by atoms with van der Waals surface area (Å²) < 4.78 is 26.4. The SMILES string of the molecule is CCC(C)(C)N(C)S(=O)(=O)c1ccc(CCl)c(Cl)c1. The monoisotopic (exact) mass is 323 g/mol. The van der Waals surface area contributed by atoms with Gasteiger partial charge in [0.2, 0.25) is 10.0 Å². The maximum absolute atomic E-state index is 12.5. The van der Waals surface area contributed by atoms with Gasteiger partial charge in [-0.15, -0.1) is 11.6 Å². The second-order valence-electron chi connectivity index (χ2n) is 5.03. The quantitative estimate of drug-likeness (QED) is 0.771. The Bertz CT molecular complexity index is 556. The molecule has 0 spiro atoms. The molecule has 0 aromatic heterocycles. The largest absolute Gasteiger partial charge is 0.243 e. The number of nitrogens with zero attached hydrogens (tertiary/aromatic N) is 1. The fourth-order valence-corrected chi connectivity index (χ4v) is 3.72. The number of alkyl halides is 1. The molecule has 0 atom stereocenters. The van der Waals surface area contributed by atoms with Crippen molar-refractivity contribution in [1.82, 2.24) is 4.31 Å². The minimum atomic E-state index is -3.55. The van der Waals surface area contributed by atoms with E-state index >= 15 is 0 Å². The van der Waals surface area contributed by atoms with Gasteiger partial charge in [0.15, 0.2) is 0 Å². The van der Waals surface area contributed by atoms with E-state index in [1.54, 1.807) is 19.2 Å². The van der Waals surface area contributed by atoms with Crippen molar-refractivity contribution >= 4 is 33.2 Å². The maximum Gasteiger partial charge on any atom is 0.243 e. The molecule has 108 valence electrons. The van der Waals surface area contributed by atoms with E-state index < -0.39 is 15.6 Å². The number of rotatable bonds is 5. The summed E-state index contributed by atoms with van der Waals surface area (Å²) in [5.74, 6) is 0.259. The lowest BCUT2D eigenvalue weighted by Crippen LogP contribution is -2.44. The van der Waals surface area contributed by atoms with Crippen LogP contribution in [0.3, 0.4) is 0 Å². The highest BCUT2D eigenvalue weighted by Gasteiger charge is 2.32. The average molecular weight is 324 g/mol. The van der Waals surface area contributed by atoms with Crippen molar-refractivity contribution in [2.75, 3.05) is 7.05 Å². The van der Waals surface area contributed by atoms with Gasteiger partial charge in [0.05, 0.1) is 4.90 Å². The molecule has 0 bridgehead atoms. The summed E-state index contributed by atoms with van der Waals surface area (Å²) in [6, 6.07) is 4.65. The topological polar surface area (TPSA) is 37.4 Å². The molecule has 0 aliphatic rings. The molecule has 0 amide bonds. The van der Waals surface area contributed by atoms with Gasteiger partial charge in [-0.1, -0.05) is 24.6 Å². The zero-order valence-electron chi connectivity index (χ0n) is 11.6. The van der Waals surface area contributed by atoms with Gasteiger partial charge < -0.3 is 0 Å². The standard InChI is InChI=1S/C13H19Cl2NO2S/c1-5-13(2,3)16(4)19(17,18)11-7-6-10(9-14)12(15)8-11/h6-8H,5,9H2,1-4H3. The molecule has 3 nitrogen and oxygen atoms in total. The van der Waals surface area contributed by atoms with Gasteiger partial charge in [-0.2, -0.15) is 4.31 Å². The summed E-state index contributed by atoms with van der Waals surface area (Å²) in [5.41, 5.74) is 0.274. The third-order valence-electron chi connectivity index (χ3n) is 3.54. The first-order valence-corrected chi connectivity index (χ1v) is 8.35. The minimum absolute atomic E-state index is 0.190. The van der Waals surface area contributed by atoms with Gasteiger partial charge in [0, 0.05) is 23.5 Å². The Labute approximate surface area is 125 Å². The number of halogens is 2. The molecule has 0 saturated heterocycles. The van der Waals surface area contributed by atoms with Crippen LogP contribution < -0.4 is 0 Å². The smallest absolute Gasteiger partial charge is 0.207 e. The second-order valence-corrected chi connectivity index (χ2v) is 7.67. The molecular formula is C13H19Cl2NO2S. The predicted molar refractivity (Wildman–Crippen MR) is 80.3 cm³/mol. The van der Waals surface area contributed by atoms with Gasteiger partial charge in [0.1, 0.15) is 0 Å². The van der Waals surface area contributed by atoms with Crippen LogP contribution >= 0.6 is 23.2 Å². The highest BCUT2D eigenvalue weighted by molar-refractivity contribution is 7.89. The van der Waals surface area contributed by atoms with Crippen LogP contribution in [0.4, 0.5) is 0 Å². The molecule has 1 aromatic rings. The number of hydrogen-bond donors (Lipinski definition) is 0. The normalized spacial score (nSPS) is 13.0. The van der Waals surface area contributed by atoms with Gasteiger partial charge in [-0.05, 0) is 38.0 Å². The van der Waals surface area contributed by atoms with Crippen molar-refractivity contribution in [1.29, 1.82) is 0 Å². The van der Waals surface area contributed by atoms with Crippen LogP contribution in [0, 0.1) is 0 Å². The zero-order chi connectivity index (χ0) is 14.8. The molecule has 0 N–H and O–H groups in total. The molecule has 0 aliphatic heterocycles. The van der Waals surface area contributed by atoms with E-state index in [1.807, 2.05) is 20.8 Å². The van der Waals surface area contributed by atoms with Crippen LogP contribution in [0.5, 0.6) is 0 Å². The minimum Gasteiger partial charge on any atom is -0.207 e. The zero-order valence-corrected chi connectivity index (χ0v) is 13.9. The summed E-state index contributed by atoms with van der Waals surface area (Å²) in [6.45, 7) is 5.73. The highest BCUT2D eigenvalue weighted by atomic mass is 35.5. The molecule has 0 aliphatic carbocycles. The molecule has 0 fully saturated rings. The van der Waals surface area contributed by atoms with Crippen LogP contribution in [0.2, 0.25) is 5.02 Å². The highest BCUT2D eigenvalue weighted by Crippen LogP contribution is 2.28. The van der Waals surface area contributed by atoms with Gasteiger partial charge in [0.25, 0.3) is 0 Å². The Kier molecular flexibility index (Phi) is 5.29. The van der Waals surface area contributed by atoms with Crippen LogP contribution in [0.15, 0.2) is 23.1 Å². The van der Waals surface area contributed by atoms with Crippen molar-refractivity contribution in [3.05, 3.63) is 28.8 Å². The first kappa shape index (κ1) is 16.8. The van der Waals surface area contributed by atoms with E-state index in [0.29, 0.717) is 5.02 Å². The molecular weight excluding hydrogens is 305 g/mol. The van der Waals surface area contributed by atoms with Crippen molar-refractivity contribution < 1.29 is 8.42 Å². The van der Waals surface area contributed by atoms with E-state index in [2.05, 4.69) is 0 Å². The summed E-state index contributed by atoms with van der Waals surface area (Å²) >= 11 is 11.7. The van der Waals surface area contributed by atoms with E-state index in [0.717, 1.165) is 12.0 Å². The van der Waals surface area contributed by atoms with Gasteiger partial charge in [-0.3, -0.25) is 0 Å². The third-order valence-corrected chi connectivity index (χ3v) is 6.25. The lowest BCUT2D eigenvalue weighted by Gasteiger charge is -2.33. The number of hydrogen-bond acceptors (Lipinski definition) is 2. The fourth-order valence-electron chi connectivity index (χ4n) is 1.50. The summed E-state index contributed by atoms with van der Waals surface area (Å²) in [5, 5.41) is 0.374. The Morgan fingerprint density at radius 2 is 1.89 bits per heavy atom. The molecule has 6 heteroatoms. The van der Waals surface area contributed by atoms with E-state index in [1.165, 1.54) is 10.4 Å². The average Bonchev–Trinajstić information content (AvgIpc) is 2.37. The molecule has 0 heterocycles. The van der Waals surface area contributed by atoms with Crippen LogP contribution in [-0.4, -0.2) is 25.3 Å². The molecule has 1 aromatic carbocycles. The molecule has 0 unspecified atom stereocenters. The van der Waals surface area contributed by atoms with Crippen molar-refractivity contribution in [3.63, 3.8) is 0 Å². The first-order chi connectivity index (χ1) is 8.66.